The molecule has 9 nitrogen and oxygen atoms in total. The van der Waals surface area contributed by atoms with E-state index in [1.54, 1.807) is 58.2 Å². The molecule has 0 spiro atoms. The number of aromatic hydroxyl groups is 1. The van der Waals surface area contributed by atoms with Crippen molar-refractivity contribution in [2.75, 3.05) is 51.8 Å². The maximum absolute atomic E-state index is 13.1. The van der Waals surface area contributed by atoms with Crippen molar-refractivity contribution in [2.45, 2.75) is 6.42 Å². The number of methoxy groups -OCH3 is 2. The number of anilines is 1. The second-order valence-electron chi connectivity index (χ2n) is 8.08. The Kier molecular flexibility index (Phi) is 6.39. The number of amides is 3. The molecule has 1 N–H and O–H groups in total. The Morgan fingerprint density at radius 1 is 0.939 bits per heavy atom. The van der Waals surface area contributed by atoms with Crippen LogP contribution in [0.1, 0.15) is 16.8 Å². The van der Waals surface area contributed by atoms with Crippen LogP contribution >= 0.6 is 0 Å². The summed E-state index contributed by atoms with van der Waals surface area (Å²) in [7, 11) is 3.08. The second kappa shape index (κ2) is 9.40. The first-order chi connectivity index (χ1) is 15.9. The average molecular weight is 453 g/mol. The fraction of sp³-hybridized carbons (Fsp3) is 0.375. The Labute approximate surface area is 192 Å². The van der Waals surface area contributed by atoms with Gasteiger partial charge in [0, 0.05) is 50.9 Å². The van der Waals surface area contributed by atoms with E-state index in [1.807, 2.05) is 0 Å². The van der Waals surface area contributed by atoms with Crippen molar-refractivity contribution in [1.82, 2.24) is 9.80 Å². The molecule has 0 aromatic heterocycles. The van der Waals surface area contributed by atoms with Gasteiger partial charge >= 0.3 is 0 Å². The minimum absolute atomic E-state index is 0.0549. The molecule has 2 heterocycles. The van der Waals surface area contributed by atoms with Crippen molar-refractivity contribution < 1.29 is 29.0 Å². The van der Waals surface area contributed by atoms with Crippen molar-refractivity contribution in [1.29, 1.82) is 0 Å². The molecule has 2 fully saturated rings. The van der Waals surface area contributed by atoms with Gasteiger partial charge in [0.2, 0.25) is 11.8 Å². The maximum Gasteiger partial charge on any atom is 0.257 e. The van der Waals surface area contributed by atoms with Crippen molar-refractivity contribution >= 4 is 23.4 Å². The highest BCUT2D eigenvalue weighted by atomic mass is 16.5. The van der Waals surface area contributed by atoms with E-state index in [2.05, 4.69) is 0 Å². The molecule has 3 amide bonds. The summed E-state index contributed by atoms with van der Waals surface area (Å²) in [5, 5.41) is 9.94. The fourth-order valence-electron chi connectivity index (χ4n) is 4.33. The lowest BCUT2D eigenvalue weighted by molar-refractivity contribution is -0.137. The molecule has 2 aliphatic rings. The normalized spacial score (nSPS) is 18.4. The summed E-state index contributed by atoms with van der Waals surface area (Å²) < 4.78 is 10.6. The number of hydrogen-bond acceptors (Lipinski definition) is 6. The molecule has 2 saturated heterocycles. The van der Waals surface area contributed by atoms with Crippen LogP contribution in [0.25, 0.3) is 0 Å². The number of phenols is 1. The molecule has 2 aromatic rings. The molecule has 4 rings (SSSR count). The third kappa shape index (κ3) is 4.44. The summed E-state index contributed by atoms with van der Waals surface area (Å²) in [6.07, 6.45) is 0.143. The zero-order valence-corrected chi connectivity index (χ0v) is 18.7. The molecule has 2 aliphatic heterocycles. The topological polar surface area (TPSA) is 99.6 Å². The standard InChI is InChI=1S/C24H27N3O6/c1-32-20-8-7-17(14-21(20)33-2)27-15-16(13-22(27)29)23(30)25-9-11-26(12-10-25)24(31)18-5-3-4-6-19(18)28/h3-8,14,16,28H,9-13,15H2,1-2H3. The smallest absolute Gasteiger partial charge is 0.257 e. The van der Waals surface area contributed by atoms with E-state index in [9.17, 15) is 19.5 Å². The van der Waals surface area contributed by atoms with Gasteiger partial charge in [-0.1, -0.05) is 12.1 Å². The first-order valence-corrected chi connectivity index (χ1v) is 10.8. The lowest BCUT2D eigenvalue weighted by Gasteiger charge is -2.36. The molecule has 1 atom stereocenters. The van der Waals surface area contributed by atoms with Crippen LogP contribution in [0.2, 0.25) is 0 Å². The number of carbonyl (C=O) groups is 3. The van der Waals surface area contributed by atoms with E-state index in [0.29, 0.717) is 49.9 Å². The molecule has 0 radical (unpaired) electrons. The third-order valence-electron chi connectivity index (χ3n) is 6.17. The Morgan fingerprint density at radius 3 is 2.27 bits per heavy atom. The Balaban J connectivity index is 1.37. The van der Waals surface area contributed by atoms with Gasteiger partial charge in [0.15, 0.2) is 11.5 Å². The van der Waals surface area contributed by atoms with Gasteiger partial charge in [-0.15, -0.1) is 0 Å². The van der Waals surface area contributed by atoms with Gasteiger partial charge < -0.3 is 29.3 Å². The number of piperazine rings is 1. The third-order valence-corrected chi connectivity index (χ3v) is 6.17. The van der Waals surface area contributed by atoms with E-state index < -0.39 is 5.92 Å². The summed E-state index contributed by atoms with van der Waals surface area (Å²) in [6.45, 7) is 1.82. The number of carbonyl (C=O) groups excluding carboxylic acids is 3. The molecule has 1 unspecified atom stereocenters. The minimum atomic E-state index is -0.439. The number of nitrogens with zero attached hydrogens (tertiary/aromatic N) is 3. The van der Waals surface area contributed by atoms with Gasteiger partial charge in [-0.3, -0.25) is 14.4 Å². The zero-order valence-electron chi connectivity index (χ0n) is 18.7. The van der Waals surface area contributed by atoms with Crippen LogP contribution in [0.4, 0.5) is 5.69 Å². The first kappa shape index (κ1) is 22.4. The molecule has 174 valence electrons. The van der Waals surface area contributed by atoms with Crippen LogP contribution in [0.5, 0.6) is 17.2 Å². The van der Waals surface area contributed by atoms with Crippen LogP contribution in [0.3, 0.4) is 0 Å². The quantitative estimate of drug-likeness (QED) is 0.741. The highest BCUT2D eigenvalue weighted by Gasteiger charge is 2.38. The molecule has 33 heavy (non-hydrogen) atoms. The van der Waals surface area contributed by atoms with Gasteiger partial charge in [0.05, 0.1) is 25.7 Å². The molecule has 9 heteroatoms. The largest absolute Gasteiger partial charge is 0.507 e. The van der Waals surface area contributed by atoms with Crippen LogP contribution in [-0.4, -0.2) is 79.6 Å². The summed E-state index contributed by atoms with van der Waals surface area (Å²) in [5.74, 6) is 0.136. The van der Waals surface area contributed by atoms with Gasteiger partial charge in [0.25, 0.3) is 5.91 Å². The molecule has 2 aromatic carbocycles. The summed E-state index contributed by atoms with van der Waals surface area (Å²) in [5.41, 5.74) is 0.912. The van der Waals surface area contributed by atoms with Crippen molar-refractivity contribution in [3.05, 3.63) is 48.0 Å². The summed E-state index contributed by atoms with van der Waals surface area (Å²) in [6, 6.07) is 11.7. The van der Waals surface area contributed by atoms with Crippen molar-refractivity contribution in [2.24, 2.45) is 5.92 Å². The van der Waals surface area contributed by atoms with E-state index >= 15 is 0 Å². The number of para-hydroxylation sites is 1. The van der Waals surface area contributed by atoms with Crippen LogP contribution in [0, 0.1) is 5.92 Å². The first-order valence-electron chi connectivity index (χ1n) is 10.8. The molecule has 0 bridgehead atoms. The van der Waals surface area contributed by atoms with Crippen LogP contribution in [-0.2, 0) is 9.59 Å². The van der Waals surface area contributed by atoms with Gasteiger partial charge in [-0.25, -0.2) is 0 Å². The van der Waals surface area contributed by atoms with Crippen molar-refractivity contribution in [3.63, 3.8) is 0 Å². The van der Waals surface area contributed by atoms with E-state index in [0.717, 1.165) is 0 Å². The number of phenolic OH excluding ortho intramolecular Hbond substituents is 1. The lowest BCUT2D eigenvalue weighted by atomic mass is 10.1. The number of benzene rings is 2. The van der Waals surface area contributed by atoms with Gasteiger partial charge in [0.1, 0.15) is 5.75 Å². The van der Waals surface area contributed by atoms with Gasteiger partial charge in [-0.2, -0.15) is 0 Å². The van der Waals surface area contributed by atoms with E-state index in [4.69, 9.17) is 9.47 Å². The molecule has 0 saturated carbocycles. The summed E-state index contributed by atoms with van der Waals surface area (Å²) in [4.78, 5) is 43.4. The van der Waals surface area contributed by atoms with Crippen molar-refractivity contribution in [3.8, 4) is 17.2 Å². The Bertz CT molecular complexity index is 1060. The monoisotopic (exact) mass is 453 g/mol. The van der Waals surface area contributed by atoms with Gasteiger partial charge in [-0.05, 0) is 24.3 Å². The predicted molar refractivity (Wildman–Crippen MR) is 121 cm³/mol. The van der Waals surface area contributed by atoms with Crippen LogP contribution < -0.4 is 14.4 Å². The molecular weight excluding hydrogens is 426 g/mol. The minimum Gasteiger partial charge on any atom is -0.507 e. The van der Waals surface area contributed by atoms with Crippen LogP contribution in [0.15, 0.2) is 42.5 Å². The Morgan fingerprint density at radius 2 is 1.61 bits per heavy atom. The average Bonchev–Trinajstić information content (AvgIpc) is 3.24. The summed E-state index contributed by atoms with van der Waals surface area (Å²) >= 11 is 0. The maximum atomic E-state index is 13.1. The second-order valence-corrected chi connectivity index (χ2v) is 8.08. The number of ether oxygens (including phenoxy) is 2. The van der Waals surface area contributed by atoms with E-state index in [-0.39, 0.29) is 35.5 Å². The number of hydrogen-bond donors (Lipinski definition) is 1. The highest BCUT2D eigenvalue weighted by Crippen LogP contribution is 2.34. The predicted octanol–water partition coefficient (Wildman–Crippen LogP) is 1.75. The number of rotatable bonds is 5. The Hall–Kier alpha value is -3.75. The molecule has 0 aliphatic carbocycles. The molecular formula is C24H27N3O6. The SMILES string of the molecule is COc1ccc(N2CC(C(=O)N3CCN(C(=O)c4ccccc4O)CC3)CC2=O)cc1OC. The fourth-order valence-corrected chi connectivity index (χ4v) is 4.33. The highest BCUT2D eigenvalue weighted by molar-refractivity contribution is 6.01. The zero-order chi connectivity index (χ0) is 23.5. The van der Waals surface area contributed by atoms with E-state index in [1.165, 1.54) is 13.2 Å². The lowest BCUT2D eigenvalue weighted by Crippen LogP contribution is -2.52.